The average Bonchev–Trinajstić information content (AvgIpc) is 3.69. The Bertz CT molecular complexity index is 1430. The van der Waals surface area contributed by atoms with Crippen molar-refractivity contribution in [2.45, 2.75) is 76.3 Å². The Hall–Kier alpha value is -3.85. The molecule has 1 saturated carbocycles. The Morgan fingerprint density at radius 3 is 2.51 bits per heavy atom. The molecular weight excluding hydrogens is 522 g/mol. The summed E-state index contributed by atoms with van der Waals surface area (Å²) in [6.45, 7) is 4.29. The van der Waals surface area contributed by atoms with Gasteiger partial charge in [-0.1, -0.05) is 43.5 Å². The zero-order valence-electron chi connectivity index (χ0n) is 23.4. The van der Waals surface area contributed by atoms with Crippen LogP contribution in [-0.2, 0) is 25.7 Å². The lowest BCUT2D eigenvalue weighted by molar-refractivity contribution is -0.142. The van der Waals surface area contributed by atoms with Crippen molar-refractivity contribution in [1.82, 2.24) is 10.2 Å². The van der Waals surface area contributed by atoms with Crippen LogP contribution in [0.25, 0.3) is 0 Å². The second-order valence-electron chi connectivity index (χ2n) is 12.1. The van der Waals surface area contributed by atoms with E-state index in [4.69, 9.17) is 14.2 Å². The van der Waals surface area contributed by atoms with E-state index in [0.29, 0.717) is 17.2 Å². The third kappa shape index (κ3) is 4.38. The Kier molecular flexibility index (Phi) is 6.30. The first-order valence-electron chi connectivity index (χ1n) is 14.6. The molecule has 1 spiro atoms. The molecule has 5 atom stereocenters. The van der Waals surface area contributed by atoms with E-state index in [-0.39, 0.29) is 37.1 Å². The quantitative estimate of drug-likeness (QED) is 0.524. The van der Waals surface area contributed by atoms with Gasteiger partial charge in [0.1, 0.15) is 11.6 Å². The Balaban J connectivity index is 1.21. The number of benzene rings is 2. The first-order chi connectivity index (χ1) is 19.8. The Morgan fingerprint density at radius 1 is 0.976 bits per heavy atom. The number of aryl methyl sites for hydroxylation is 2. The van der Waals surface area contributed by atoms with Gasteiger partial charge in [0.25, 0.3) is 0 Å². The van der Waals surface area contributed by atoms with Gasteiger partial charge in [-0.15, -0.1) is 0 Å². The molecular formula is C32H35N3O6. The smallest absolute Gasteiger partial charge is 0.246 e. The molecule has 41 heavy (non-hydrogen) atoms. The summed E-state index contributed by atoms with van der Waals surface area (Å²) in [5.41, 5.74) is 2.35. The molecule has 214 valence electrons. The van der Waals surface area contributed by atoms with E-state index in [2.05, 4.69) is 10.6 Å². The van der Waals surface area contributed by atoms with Crippen LogP contribution in [0.3, 0.4) is 0 Å². The number of hydrogen-bond donors (Lipinski definition) is 2. The van der Waals surface area contributed by atoms with Gasteiger partial charge in [0, 0.05) is 18.3 Å². The van der Waals surface area contributed by atoms with Crippen LogP contribution in [0.15, 0.2) is 48.6 Å². The zero-order valence-corrected chi connectivity index (χ0v) is 23.4. The number of nitrogens with one attached hydrogen (secondary N) is 2. The first kappa shape index (κ1) is 26.1. The highest BCUT2D eigenvalue weighted by molar-refractivity contribution is 6.02. The highest BCUT2D eigenvalue weighted by Crippen LogP contribution is 2.55. The van der Waals surface area contributed by atoms with Crippen molar-refractivity contribution in [3.63, 3.8) is 0 Å². The summed E-state index contributed by atoms with van der Waals surface area (Å²) >= 11 is 0. The second kappa shape index (κ2) is 9.91. The summed E-state index contributed by atoms with van der Waals surface area (Å²) in [4.78, 5) is 43.7. The molecule has 2 aromatic rings. The number of nitrogens with zero attached hydrogens (tertiary/aromatic N) is 1. The Labute approximate surface area is 239 Å². The fourth-order valence-corrected chi connectivity index (χ4v) is 7.47. The van der Waals surface area contributed by atoms with E-state index in [9.17, 15) is 14.4 Å². The first-order valence-corrected chi connectivity index (χ1v) is 14.6. The molecule has 9 nitrogen and oxygen atoms in total. The zero-order chi connectivity index (χ0) is 28.3. The van der Waals surface area contributed by atoms with Crippen molar-refractivity contribution in [1.29, 1.82) is 0 Å². The third-order valence-electron chi connectivity index (χ3n) is 9.16. The fourth-order valence-electron chi connectivity index (χ4n) is 7.47. The molecule has 4 heterocycles. The van der Waals surface area contributed by atoms with Crippen LogP contribution in [-0.4, -0.2) is 53.2 Å². The summed E-state index contributed by atoms with van der Waals surface area (Å²) in [6, 6.07) is 10.6. The fraction of sp³-hybridized carbons (Fsp3) is 0.469. The van der Waals surface area contributed by atoms with Crippen LogP contribution in [0.4, 0.5) is 5.69 Å². The minimum absolute atomic E-state index is 0.0698. The lowest BCUT2D eigenvalue weighted by atomic mass is 9.74. The summed E-state index contributed by atoms with van der Waals surface area (Å²) in [6.07, 6.45) is 8.28. The third-order valence-corrected chi connectivity index (χ3v) is 9.16. The molecule has 0 aromatic heterocycles. The second-order valence-corrected chi connectivity index (χ2v) is 12.1. The van der Waals surface area contributed by atoms with Crippen molar-refractivity contribution in [3.05, 3.63) is 65.2 Å². The molecule has 2 bridgehead atoms. The average molecular weight is 558 g/mol. The number of amides is 3. The van der Waals surface area contributed by atoms with Gasteiger partial charge >= 0.3 is 0 Å². The van der Waals surface area contributed by atoms with Gasteiger partial charge in [0.05, 0.1) is 17.9 Å². The lowest BCUT2D eigenvalue weighted by Crippen LogP contribution is -2.56. The molecule has 7 rings (SSSR count). The number of anilines is 1. The maximum absolute atomic E-state index is 14.3. The number of likely N-dealkylation sites (tertiary alicyclic amines) is 1. The normalized spacial score (nSPS) is 29.6. The number of ether oxygens (including phenoxy) is 3. The predicted molar refractivity (Wildman–Crippen MR) is 150 cm³/mol. The van der Waals surface area contributed by atoms with E-state index < -0.39 is 29.6 Å². The molecule has 1 aliphatic carbocycles. The van der Waals surface area contributed by atoms with Gasteiger partial charge in [-0.05, 0) is 67.6 Å². The summed E-state index contributed by atoms with van der Waals surface area (Å²) in [7, 11) is 0. The van der Waals surface area contributed by atoms with E-state index >= 15 is 0 Å². The molecule has 9 heteroatoms. The Morgan fingerprint density at radius 2 is 1.73 bits per heavy atom. The van der Waals surface area contributed by atoms with Crippen molar-refractivity contribution in [3.8, 4) is 11.5 Å². The minimum atomic E-state index is -1.21. The van der Waals surface area contributed by atoms with E-state index in [1.54, 1.807) is 4.90 Å². The molecule has 3 amide bonds. The van der Waals surface area contributed by atoms with Crippen LogP contribution in [0.5, 0.6) is 11.5 Å². The monoisotopic (exact) mass is 557 g/mol. The van der Waals surface area contributed by atoms with E-state index in [0.717, 1.165) is 42.4 Å². The number of hydrogen-bond acceptors (Lipinski definition) is 6. The van der Waals surface area contributed by atoms with Crippen LogP contribution < -0.4 is 20.1 Å². The lowest BCUT2D eigenvalue weighted by Gasteiger charge is -2.34. The van der Waals surface area contributed by atoms with Crippen molar-refractivity contribution in [2.24, 2.45) is 11.8 Å². The maximum atomic E-state index is 14.3. The highest BCUT2D eigenvalue weighted by Gasteiger charge is 2.72. The van der Waals surface area contributed by atoms with Gasteiger partial charge < -0.3 is 29.7 Å². The van der Waals surface area contributed by atoms with Crippen LogP contribution in [0.2, 0.25) is 0 Å². The molecule has 4 aliphatic heterocycles. The molecule has 2 aromatic carbocycles. The van der Waals surface area contributed by atoms with Gasteiger partial charge in [0.15, 0.2) is 11.5 Å². The largest absolute Gasteiger partial charge is 0.454 e. The number of rotatable bonds is 6. The highest BCUT2D eigenvalue weighted by atomic mass is 16.7. The number of carbonyl (C=O) groups excluding carboxylic acids is 3. The van der Waals surface area contributed by atoms with Crippen LogP contribution >= 0.6 is 0 Å². The van der Waals surface area contributed by atoms with Crippen LogP contribution in [0.1, 0.15) is 48.8 Å². The standard InChI is InChI=1S/C32H35N3O6/c1-18-12-19(2)14-22(13-18)34-29(36)26-24-10-11-32(41-24)27(26)31(38)35(16-20-8-9-23-25(15-20)40-17-39-23)28(32)30(37)33-21-6-4-3-5-7-21/h8-15,21,24,26-28H,3-7,16-17H2,1-2H3,(H,33,37)(H,34,36)/t24-,26-,27-,28-,32-/m1/s1. The van der Waals surface area contributed by atoms with Gasteiger partial charge in [-0.3, -0.25) is 14.4 Å². The molecule has 2 saturated heterocycles. The molecule has 0 radical (unpaired) electrons. The molecule has 0 unspecified atom stereocenters. The van der Waals surface area contributed by atoms with E-state index in [1.165, 1.54) is 6.42 Å². The number of carbonyl (C=O) groups is 3. The molecule has 5 aliphatic rings. The summed E-state index contributed by atoms with van der Waals surface area (Å²) in [5, 5.41) is 6.26. The minimum Gasteiger partial charge on any atom is -0.454 e. The van der Waals surface area contributed by atoms with Gasteiger partial charge in [0.2, 0.25) is 24.5 Å². The van der Waals surface area contributed by atoms with Crippen molar-refractivity contribution in [2.75, 3.05) is 12.1 Å². The summed E-state index contributed by atoms with van der Waals surface area (Å²) < 4.78 is 17.5. The SMILES string of the molecule is Cc1cc(C)cc(NC(=O)[C@@H]2[C@H]3C=C[C@@]4(O3)[C@H]2C(=O)N(Cc2ccc3c(c2)OCO3)[C@@H]4C(=O)NC2CCCCC2)c1. The molecule has 2 N–H and O–H groups in total. The molecule has 3 fully saturated rings. The van der Waals surface area contributed by atoms with Gasteiger partial charge in [-0.2, -0.15) is 0 Å². The predicted octanol–water partition coefficient (Wildman–Crippen LogP) is 3.77. The van der Waals surface area contributed by atoms with Crippen molar-refractivity contribution < 1.29 is 28.6 Å². The maximum Gasteiger partial charge on any atom is 0.246 e. The topological polar surface area (TPSA) is 106 Å². The van der Waals surface area contributed by atoms with E-state index in [1.807, 2.05) is 62.4 Å². The van der Waals surface area contributed by atoms with Crippen molar-refractivity contribution >= 4 is 23.4 Å². The summed E-state index contributed by atoms with van der Waals surface area (Å²) in [5.74, 6) is -1.05. The van der Waals surface area contributed by atoms with Crippen LogP contribution in [0, 0.1) is 25.7 Å². The van der Waals surface area contributed by atoms with Gasteiger partial charge in [-0.25, -0.2) is 0 Å². The number of fused-ring (bicyclic) bond motifs is 2.